The third kappa shape index (κ3) is 5.63. The Kier molecular flexibility index (Phi) is 6.52. The van der Waals surface area contributed by atoms with Crippen molar-refractivity contribution < 1.29 is 18.7 Å². The molecule has 23 heavy (non-hydrogen) atoms. The first-order chi connectivity index (χ1) is 11.1. The summed E-state index contributed by atoms with van der Waals surface area (Å²) in [5, 5.41) is 2.73. The van der Waals surface area contributed by atoms with Gasteiger partial charge in [-0.05, 0) is 30.9 Å². The van der Waals surface area contributed by atoms with Gasteiger partial charge in [-0.2, -0.15) is 0 Å². The first-order valence-electron chi connectivity index (χ1n) is 7.93. The van der Waals surface area contributed by atoms with E-state index in [1.807, 2.05) is 0 Å². The molecule has 1 saturated heterocycles. The number of hydrogen-bond acceptors (Lipinski definition) is 3. The van der Waals surface area contributed by atoms with E-state index < -0.39 is 0 Å². The van der Waals surface area contributed by atoms with Crippen LogP contribution in [0.25, 0.3) is 0 Å². The fourth-order valence-corrected chi connectivity index (χ4v) is 2.61. The second kappa shape index (κ2) is 8.62. The van der Waals surface area contributed by atoms with Crippen molar-refractivity contribution in [1.29, 1.82) is 0 Å². The fourth-order valence-electron chi connectivity index (χ4n) is 2.61. The van der Waals surface area contributed by atoms with Gasteiger partial charge in [0.15, 0.2) is 0 Å². The van der Waals surface area contributed by atoms with Crippen LogP contribution in [0.4, 0.5) is 4.39 Å². The van der Waals surface area contributed by atoms with Crippen molar-refractivity contribution in [3.05, 3.63) is 35.6 Å². The Morgan fingerprint density at radius 1 is 1.39 bits per heavy atom. The summed E-state index contributed by atoms with van der Waals surface area (Å²) in [4.78, 5) is 25.1. The van der Waals surface area contributed by atoms with Crippen LogP contribution in [0.3, 0.4) is 0 Å². The number of halogens is 1. The van der Waals surface area contributed by atoms with E-state index in [9.17, 15) is 14.0 Å². The van der Waals surface area contributed by atoms with Crippen LogP contribution in [-0.4, -0.2) is 49.1 Å². The summed E-state index contributed by atoms with van der Waals surface area (Å²) in [6.45, 7) is 2.95. The van der Waals surface area contributed by atoms with Crippen LogP contribution in [0, 0.1) is 5.82 Å². The van der Waals surface area contributed by atoms with E-state index in [1.54, 1.807) is 18.2 Å². The summed E-state index contributed by atoms with van der Waals surface area (Å²) in [7, 11) is 0. The largest absolute Gasteiger partial charge is 0.376 e. The van der Waals surface area contributed by atoms with Crippen LogP contribution in [0.5, 0.6) is 0 Å². The molecule has 6 heteroatoms. The van der Waals surface area contributed by atoms with Gasteiger partial charge in [-0.1, -0.05) is 18.2 Å². The van der Waals surface area contributed by atoms with Gasteiger partial charge in [0, 0.05) is 26.6 Å². The minimum atomic E-state index is -0.273. The van der Waals surface area contributed by atoms with E-state index >= 15 is 0 Å². The third-order valence-electron chi connectivity index (χ3n) is 3.90. The maximum atomic E-state index is 13.5. The van der Waals surface area contributed by atoms with E-state index in [0.717, 1.165) is 12.8 Å². The van der Waals surface area contributed by atoms with Crippen molar-refractivity contribution in [2.24, 2.45) is 0 Å². The fraction of sp³-hybridized carbons (Fsp3) is 0.529. The normalized spacial score (nSPS) is 17.0. The van der Waals surface area contributed by atoms with E-state index in [0.29, 0.717) is 31.7 Å². The summed E-state index contributed by atoms with van der Waals surface area (Å²) in [6.07, 6.45) is 2.35. The summed E-state index contributed by atoms with van der Waals surface area (Å²) in [5.74, 6) is -0.662. The zero-order chi connectivity index (χ0) is 16.7. The molecule has 1 aromatic carbocycles. The molecule has 0 radical (unpaired) electrons. The molecule has 1 aliphatic heterocycles. The molecule has 0 aromatic heterocycles. The number of ether oxygens (including phenoxy) is 1. The molecule has 0 saturated carbocycles. The lowest BCUT2D eigenvalue weighted by Crippen LogP contribution is -2.43. The lowest BCUT2D eigenvalue weighted by molar-refractivity contribution is -0.135. The molecule has 1 unspecified atom stereocenters. The number of benzene rings is 1. The first kappa shape index (κ1) is 17.4. The van der Waals surface area contributed by atoms with Gasteiger partial charge in [0.05, 0.1) is 12.6 Å². The number of hydrogen-bond donors (Lipinski definition) is 1. The Labute approximate surface area is 135 Å². The standard InChI is InChI=1S/C17H23FN2O3/c1-13(21)20(11-15-6-4-10-23-15)12-17(22)19-9-8-14-5-2-3-7-16(14)18/h2-3,5,7,15H,4,6,8-12H2,1H3,(H,19,22). The van der Waals surface area contributed by atoms with Crippen LogP contribution >= 0.6 is 0 Å². The molecule has 1 aliphatic rings. The Morgan fingerprint density at radius 3 is 2.83 bits per heavy atom. The third-order valence-corrected chi connectivity index (χ3v) is 3.90. The molecule has 0 aliphatic carbocycles. The number of carbonyl (C=O) groups excluding carboxylic acids is 2. The zero-order valence-electron chi connectivity index (χ0n) is 13.4. The van der Waals surface area contributed by atoms with Gasteiger partial charge in [0.1, 0.15) is 5.82 Å². The average molecular weight is 322 g/mol. The van der Waals surface area contributed by atoms with Crippen molar-refractivity contribution in [2.75, 3.05) is 26.2 Å². The molecule has 0 bridgehead atoms. The molecule has 2 rings (SSSR count). The predicted molar refractivity (Wildman–Crippen MR) is 84.3 cm³/mol. The Morgan fingerprint density at radius 2 is 2.17 bits per heavy atom. The monoisotopic (exact) mass is 322 g/mol. The molecule has 0 spiro atoms. The van der Waals surface area contributed by atoms with Crippen molar-refractivity contribution in [3.8, 4) is 0 Å². The molecular formula is C17H23FN2O3. The minimum Gasteiger partial charge on any atom is -0.376 e. The molecule has 1 fully saturated rings. The number of nitrogens with zero attached hydrogens (tertiary/aromatic N) is 1. The molecule has 1 atom stereocenters. The van der Waals surface area contributed by atoms with Gasteiger partial charge in [-0.25, -0.2) is 4.39 Å². The van der Waals surface area contributed by atoms with Gasteiger partial charge in [0.25, 0.3) is 0 Å². The van der Waals surface area contributed by atoms with Crippen molar-refractivity contribution in [3.63, 3.8) is 0 Å². The maximum absolute atomic E-state index is 13.5. The minimum absolute atomic E-state index is 0.00641. The van der Waals surface area contributed by atoms with Crippen LogP contribution in [0.2, 0.25) is 0 Å². The van der Waals surface area contributed by atoms with Gasteiger partial charge < -0.3 is 15.0 Å². The SMILES string of the molecule is CC(=O)N(CC(=O)NCCc1ccccc1F)CC1CCCO1. The Bertz CT molecular complexity index is 544. The van der Waals surface area contributed by atoms with Crippen molar-refractivity contribution in [2.45, 2.75) is 32.3 Å². The summed E-state index contributed by atoms with van der Waals surface area (Å²) in [5.41, 5.74) is 0.565. The molecule has 5 nitrogen and oxygen atoms in total. The van der Waals surface area contributed by atoms with Crippen LogP contribution in [0.15, 0.2) is 24.3 Å². The lowest BCUT2D eigenvalue weighted by atomic mass is 10.1. The number of amides is 2. The van der Waals surface area contributed by atoms with Gasteiger partial charge >= 0.3 is 0 Å². The van der Waals surface area contributed by atoms with E-state index in [-0.39, 0.29) is 30.3 Å². The van der Waals surface area contributed by atoms with Gasteiger partial charge in [0.2, 0.25) is 11.8 Å². The Hall–Kier alpha value is -1.95. The van der Waals surface area contributed by atoms with Crippen molar-refractivity contribution >= 4 is 11.8 Å². The highest BCUT2D eigenvalue weighted by Crippen LogP contribution is 2.13. The molecule has 1 aromatic rings. The Balaban J connectivity index is 1.75. The summed E-state index contributed by atoms with van der Waals surface area (Å²) >= 11 is 0. The zero-order valence-corrected chi connectivity index (χ0v) is 13.4. The molecule has 126 valence electrons. The smallest absolute Gasteiger partial charge is 0.239 e. The lowest BCUT2D eigenvalue weighted by Gasteiger charge is -2.23. The quantitative estimate of drug-likeness (QED) is 0.828. The highest BCUT2D eigenvalue weighted by Gasteiger charge is 2.22. The molecular weight excluding hydrogens is 299 g/mol. The van der Waals surface area contributed by atoms with E-state index in [2.05, 4.69) is 5.32 Å². The number of nitrogens with one attached hydrogen (secondary N) is 1. The highest BCUT2D eigenvalue weighted by atomic mass is 19.1. The van der Waals surface area contributed by atoms with Crippen LogP contribution in [-0.2, 0) is 20.7 Å². The van der Waals surface area contributed by atoms with Gasteiger partial charge in [-0.3, -0.25) is 9.59 Å². The molecule has 1 heterocycles. The molecule has 1 N–H and O–H groups in total. The summed E-state index contributed by atoms with van der Waals surface area (Å²) in [6, 6.07) is 6.49. The van der Waals surface area contributed by atoms with E-state index in [1.165, 1.54) is 17.9 Å². The topological polar surface area (TPSA) is 58.6 Å². The highest BCUT2D eigenvalue weighted by molar-refractivity contribution is 5.83. The first-order valence-corrected chi connectivity index (χ1v) is 7.93. The second-order valence-corrected chi connectivity index (χ2v) is 5.73. The van der Waals surface area contributed by atoms with Crippen LogP contribution < -0.4 is 5.32 Å². The van der Waals surface area contributed by atoms with Crippen LogP contribution in [0.1, 0.15) is 25.3 Å². The average Bonchev–Trinajstić information content (AvgIpc) is 3.01. The number of rotatable bonds is 7. The number of carbonyl (C=O) groups is 2. The van der Waals surface area contributed by atoms with E-state index in [4.69, 9.17) is 4.74 Å². The maximum Gasteiger partial charge on any atom is 0.239 e. The second-order valence-electron chi connectivity index (χ2n) is 5.73. The molecule has 2 amide bonds. The summed E-state index contributed by atoms with van der Waals surface area (Å²) < 4.78 is 19.0. The van der Waals surface area contributed by atoms with Gasteiger partial charge in [-0.15, -0.1) is 0 Å². The van der Waals surface area contributed by atoms with Crippen molar-refractivity contribution in [1.82, 2.24) is 10.2 Å². The predicted octanol–water partition coefficient (Wildman–Crippen LogP) is 1.51.